The normalized spacial score (nSPS) is 29.3. The van der Waals surface area contributed by atoms with Crippen LogP contribution >= 0.6 is 11.3 Å². The highest BCUT2D eigenvalue weighted by Gasteiger charge is 2.42. The summed E-state index contributed by atoms with van der Waals surface area (Å²) >= 11 is 1.85. The highest BCUT2D eigenvalue weighted by Crippen LogP contribution is 2.30. The molecule has 0 bridgehead atoms. The Bertz CT molecular complexity index is 353. The molecule has 102 valence electrons. The van der Waals surface area contributed by atoms with Crippen LogP contribution in [0.1, 0.15) is 18.2 Å². The van der Waals surface area contributed by atoms with E-state index < -0.39 is 0 Å². The molecule has 3 nitrogen and oxygen atoms in total. The van der Waals surface area contributed by atoms with Crippen molar-refractivity contribution < 1.29 is 0 Å². The summed E-state index contributed by atoms with van der Waals surface area (Å²) in [6.45, 7) is 5.23. The molecule has 2 unspecified atom stereocenters. The number of likely N-dealkylation sites (N-methyl/N-ethyl adjacent to an activating group) is 2. The molecule has 0 aromatic carbocycles. The van der Waals surface area contributed by atoms with E-state index in [4.69, 9.17) is 5.73 Å². The Morgan fingerprint density at radius 1 is 1.61 bits per heavy atom. The van der Waals surface area contributed by atoms with E-state index in [1.807, 2.05) is 11.3 Å². The van der Waals surface area contributed by atoms with Gasteiger partial charge in [0.15, 0.2) is 0 Å². The largest absolute Gasteiger partial charge is 0.329 e. The van der Waals surface area contributed by atoms with Gasteiger partial charge >= 0.3 is 0 Å². The fraction of sp³-hybridized carbons (Fsp3) is 0.714. The van der Waals surface area contributed by atoms with E-state index in [0.29, 0.717) is 6.04 Å². The number of rotatable bonds is 5. The van der Waals surface area contributed by atoms with Crippen molar-refractivity contribution in [1.29, 1.82) is 0 Å². The Balaban J connectivity index is 1.95. The maximum Gasteiger partial charge on any atom is 0.0470 e. The highest BCUT2D eigenvalue weighted by molar-refractivity contribution is 7.09. The monoisotopic (exact) mass is 267 g/mol. The van der Waals surface area contributed by atoms with Crippen molar-refractivity contribution in [2.24, 2.45) is 5.73 Å². The second kappa shape index (κ2) is 5.70. The molecular formula is C14H25N3S. The molecule has 2 heterocycles. The Morgan fingerprint density at radius 3 is 2.89 bits per heavy atom. The Morgan fingerprint density at radius 2 is 2.39 bits per heavy atom. The number of nitrogens with zero attached hydrogens (tertiary/aromatic N) is 2. The van der Waals surface area contributed by atoms with E-state index in [2.05, 4.69) is 48.3 Å². The van der Waals surface area contributed by atoms with Gasteiger partial charge < -0.3 is 10.6 Å². The van der Waals surface area contributed by atoms with Gasteiger partial charge in [0.05, 0.1) is 0 Å². The molecule has 0 spiro atoms. The summed E-state index contributed by atoms with van der Waals surface area (Å²) in [4.78, 5) is 6.37. The Kier molecular flexibility index (Phi) is 4.43. The fourth-order valence-electron chi connectivity index (χ4n) is 2.94. The van der Waals surface area contributed by atoms with Gasteiger partial charge in [-0.15, -0.1) is 11.3 Å². The van der Waals surface area contributed by atoms with Gasteiger partial charge in [-0.3, -0.25) is 4.90 Å². The van der Waals surface area contributed by atoms with E-state index in [1.165, 1.54) is 11.3 Å². The van der Waals surface area contributed by atoms with Crippen LogP contribution in [0.5, 0.6) is 0 Å². The zero-order chi connectivity index (χ0) is 13.2. The molecule has 4 heteroatoms. The maximum absolute atomic E-state index is 6.08. The molecule has 1 saturated heterocycles. The van der Waals surface area contributed by atoms with E-state index in [9.17, 15) is 0 Å². The molecule has 2 rings (SSSR count). The van der Waals surface area contributed by atoms with Gasteiger partial charge in [0.1, 0.15) is 0 Å². The summed E-state index contributed by atoms with van der Waals surface area (Å²) in [6.07, 6.45) is 2.31. The van der Waals surface area contributed by atoms with Crippen molar-refractivity contribution in [1.82, 2.24) is 9.80 Å². The number of hydrogen-bond donors (Lipinski definition) is 1. The molecule has 1 aromatic rings. The van der Waals surface area contributed by atoms with Crippen LogP contribution in [0.25, 0.3) is 0 Å². The summed E-state index contributed by atoms with van der Waals surface area (Å²) in [6, 6.07) is 4.99. The third-order valence-electron chi connectivity index (χ3n) is 4.43. The third kappa shape index (κ3) is 2.77. The zero-order valence-corrected chi connectivity index (χ0v) is 12.5. The van der Waals surface area contributed by atoms with E-state index in [-0.39, 0.29) is 5.54 Å². The van der Waals surface area contributed by atoms with Crippen molar-refractivity contribution in [3.63, 3.8) is 0 Å². The summed E-state index contributed by atoms with van der Waals surface area (Å²) in [7, 11) is 4.43. The second-order valence-electron chi connectivity index (χ2n) is 5.65. The van der Waals surface area contributed by atoms with Crippen molar-refractivity contribution in [3.05, 3.63) is 22.4 Å². The minimum absolute atomic E-state index is 0.172. The smallest absolute Gasteiger partial charge is 0.0470 e. The first kappa shape index (κ1) is 14.0. The molecule has 18 heavy (non-hydrogen) atoms. The molecule has 1 aliphatic rings. The molecule has 2 atom stereocenters. The molecule has 0 aliphatic carbocycles. The van der Waals surface area contributed by atoms with E-state index in [0.717, 1.165) is 26.1 Å². The average Bonchev–Trinajstić information content (AvgIpc) is 2.96. The van der Waals surface area contributed by atoms with Crippen LogP contribution in [-0.4, -0.2) is 55.1 Å². The van der Waals surface area contributed by atoms with Crippen molar-refractivity contribution in [3.8, 4) is 0 Å². The van der Waals surface area contributed by atoms with Crippen molar-refractivity contribution >= 4 is 11.3 Å². The number of thiophene rings is 1. The number of nitrogens with two attached hydrogens (primary N) is 1. The van der Waals surface area contributed by atoms with Gasteiger partial charge in [-0.1, -0.05) is 6.07 Å². The van der Waals surface area contributed by atoms with Gasteiger partial charge in [-0.25, -0.2) is 0 Å². The van der Waals surface area contributed by atoms with Crippen LogP contribution in [0.4, 0.5) is 0 Å². The molecule has 0 saturated carbocycles. The number of likely N-dealkylation sites (tertiary alicyclic amines) is 1. The quantitative estimate of drug-likeness (QED) is 0.880. The standard InChI is InChI=1S/C14H25N3S/c1-12-9-14(10-15,11-16(12)2)17(3)7-6-13-5-4-8-18-13/h4-5,8,12H,6-7,9-11,15H2,1-3H3. The Hall–Kier alpha value is -0.420. The van der Waals surface area contributed by atoms with Crippen LogP contribution in [0.15, 0.2) is 17.5 Å². The lowest BCUT2D eigenvalue weighted by Crippen LogP contribution is -2.54. The lowest BCUT2D eigenvalue weighted by atomic mass is 9.94. The van der Waals surface area contributed by atoms with Gasteiger partial charge in [-0.05, 0) is 45.3 Å². The fourth-order valence-corrected chi connectivity index (χ4v) is 3.64. The van der Waals surface area contributed by atoms with Crippen molar-refractivity contribution in [2.75, 3.05) is 33.7 Å². The molecule has 2 N–H and O–H groups in total. The summed E-state index contributed by atoms with van der Waals surface area (Å²) < 4.78 is 0. The first-order chi connectivity index (χ1) is 8.57. The summed E-state index contributed by atoms with van der Waals surface area (Å²) in [5, 5.41) is 2.15. The predicted molar refractivity (Wildman–Crippen MR) is 79.1 cm³/mol. The minimum Gasteiger partial charge on any atom is -0.329 e. The number of hydrogen-bond acceptors (Lipinski definition) is 4. The first-order valence-corrected chi connectivity index (χ1v) is 7.59. The van der Waals surface area contributed by atoms with Gasteiger partial charge in [-0.2, -0.15) is 0 Å². The minimum atomic E-state index is 0.172. The predicted octanol–water partition coefficient (Wildman–Crippen LogP) is 1.64. The van der Waals surface area contributed by atoms with Crippen LogP contribution < -0.4 is 5.73 Å². The van der Waals surface area contributed by atoms with Crippen LogP contribution in [0.2, 0.25) is 0 Å². The SMILES string of the molecule is CC1CC(CN)(N(C)CCc2cccs2)CN1C. The summed E-state index contributed by atoms with van der Waals surface area (Å²) in [5.74, 6) is 0. The van der Waals surface area contributed by atoms with Gasteiger partial charge in [0.2, 0.25) is 0 Å². The lowest BCUT2D eigenvalue weighted by Gasteiger charge is -2.37. The molecular weight excluding hydrogens is 242 g/mol. The topological polar surface area (TPSA) is 32.5 Å². The van der Waals surface area contributed by atoms with E-state index in [1.54, 1.807) is 0 Å². The van der Waals surface area contributed by atoms with Crippen LogP contribution in [0.3, 0.4) is 0 Å². The second-order valence-corrected chi connectivity index (χ2v) is 6.68. The average molecular weight is 267 g/mol. The molecule has 1 aliphatic heterocycles. The van der Waals surface area contributed by atoms with Crippen LogP contribution in [-0.2, 0) is 6.42 Å². The highest BCUT2D eigenvalue weighted by atomic mass is 32.1. The van der Waals surface area contributed by atoms with Crippen LogP contribution in [0, 0.1) is 0 Å². The van der Waals surface area contributed by atoms with Crippen molar-refractivity contribution in [2.45, 2.75) is 31.3 Å². The Labute approximate surface area is 115 Å². The zero-order valence-electron chi connectivity index (χ0n) is 11.7. The molecule has 0 radical (unpaired) electrons. The first-order valence-electron chi connectivity index (χ1n) is 6.71. The summed E-state index contributed by atoms with van der Waals surface area (Å²) in [5.41, 5.74) is 6.25. The third-order valence-corrected chi connectivity index (χ3v) is 5.37. The van der Waals surface area contributed by atoms with Gasteiger partial charge in [0.25, 0.3) is 0 Å². The molecule has 1 aromatic heterocycles. The maximum atomic E-state index is 6.08. The molecule has 0 amide bonds. The van der Waals surface area contributed by atoms with Gasteiger partial charge in [0, 0.05) is 36.1 Å². The molecule has 1 fully saturated rings. The van der Waals surface area contributed by atoms with E-state index >= 15 is 0 Å². The lowest BCUT2D eigenvalue weighted by molar-refractivity contribution is 0.135.